The zero-order valence-corrected chi connectivity index (χ0v) is 20.0. The van der Waals surface area contributed by atoms with Crippen LogP contribution in [-0.2, 0) is 0 Å². The molecule has 0 bridgehead atoms. The van der Waals surface area contributed by atoms with E-state index in [0.717, 1.165) is 0 Å². The molecule has 0 aliphatic carbocycles. The predicted octanol–water partition coefficient (Wildman–Crippen LogP) is 8.46. The number of para-hydroxylation sites is 2. The van der Waals surface area contributed by atoms with Gasteiger partial charge in [0.2, 0.25) is 0 Å². The second kappa shape index (κ2) is 10.2. The van der Waals surface area contributed by atoms with Gasteiger partial charge < -0.3 is 18.9 Å². The first-order chi connectivity index (χ1) is 17.5. The van der Waals surface area contributed by atoms with Gasteiger partial charge in [-0.15, -0.1) is 0 Å². The van der Waals surface area contributed by atoms with Gasteiger partial charge in [-0.05, 0) is 60.7 Å². The third kappa shape index (κ3) is 5.05. The number of fused-ring (bicyclic) bond motifs is 2. The Labute approximate surface area is 215 Å². The van der Waals surface area contributed by atoms with Crippen molar-refractivity contribution in [2.24, 2.45) is 0 Å². The molecular weight excluding hydrogens is 503 g/mol. The number of rotatable bonds is 4. The molecule has 0 spiro atoms. The highest BCUT2D eigenvalue weighted by molar-refractivity contribution is 6.33. The van der Waals surface area contributed by atoms with Crippen LogP contribution in [0.5, 0.6) is 23.0 Å². The first kappa shape index (κ1) is 23.5. The third-order valence-corrected chi connectivity index (χ3v) is 5.67. The molecule has 178 valence electrons. The molecule has 0 aliphatic heterocycles. The molecule has 6 nitrogen and oxygen atoms in total. The Bertz CT molecular complexity index is 1470. The van der Waals surface area contributed by atoms with Crippen LogP contribution in [-0.4, -0.2) is 12.3 Å². The van der Waals surface area contributed by atoms with Gasteiger partial charge in [0.25, 0.3) is 0 Å². The van der Waals surface area contributed by atoms with Crippen molar-refractivity contribution >= 4 is 57.1 Å². The molecule has 0 aromatic heterocycles. The van der Waals surface area contributed by atoms with Crippen molar-refractivity contribution in [1.82, 2.24) is 0 Å². The van der Waals surface area contributed by atoms with Crippen LogP contribution < -0.4 is 18.9 Å². The van der Waals surface area contributed by atoms with Gasteiger partial charge in [-0.2, -0.15) is 0 Å². The van der Waals surface area contributed by atoms with Crippen LogP contribution in [0.25, 0.3) is 21.5 Å². The number of hydrogen-bond acceptors (Lipinski definition) is 6. The van der Waals surface area contributed by atoms with Crippen molar-refractivity contribution in [3.05, 3.63) is 107 Å². The van der Waals surface area contributed by atoms with Crippen molar-refractivity contribution < 1.29 is 28.5 Å². The van der Waals surface area contributed by atoms with E-state index in [1.165, 1.54) is 0 Å². The van der Waals surface area contributed by atoms with Gasteiger partial charge in [0.05, 0.1) is 0 Å². The van der Waals surface area contributed by atoms with E-state index in [9.17, 15) is 9.59 Å². The molecule has 0 fully saturated rings. The lowest BCUT2D eigenvalue weighted by Gasteiger charge is -2.16. The molecule has 0 heterocycles. The molecule has 36 heavy (non-hydrogen) atoms. The van der Waals surface area contributed by atoms with E-state index in [1.54, 1.807) is 97.1 Å². The highest BCUT2D eigenvalue weighted by Crippen LogP contribution is 2.44. The normalized spacial score (nSPS) is 10.7. The number of hydrogen-bond donors (Lipinski definition) is 0. The van der Waals surface area contributed by atoms with Crippen molar-refractivity contribution in [2.75, 3.05) is 0 Å². The first-order valence-electron chi connectivity index (χ1n) is 10.7. The fraction of sp³-hybridized carbons (Fsp3) is 0. The van der Waals surface area contributed by atoms with E-state index in [-0.39, 0.29) is 11.5 Å². The zero-order chi connectivity index (χ0) is 25.1. The minimum Gasteiger partial charge on any atom is -0.395 e. The van der Waals surface area contributed by atoms with Gasteiger partial charge in [-0.1, -0.05) is 59.6 Å². The predicted molar refractivity (Wildman–Crippen MR) is 138 cm³/mol. The maximum Gasteiger partial charge on any atom is 0.519 e. The SMILES string of the molecule is O=C(Oc1ccccc1)Oc1c2ccc(Cl)cc2c(OC(=O)Oc2ccccc2)c2ccc(Cl)cc12. The number of halogens is 2. The smallest absolute Gasteiger partial charge is 0.395 e. The molecule has 5 rings (SSSR count). The lowest BCUT2D eigenvalue weighted by Crippen LogP contribution is -2.16. The van der Waals surface area contributed by atoms with E-state index in [2.05, 4.69) is 0 Å². The van der Waals surface area contributed by atoms with Crippen LogP contribution in [0.1, 0.15) is 0 Å². The van der Waals surface area contributed by atoms with Gasteiger partial charge in [0.15, 0.2) is 11.5 Å². The maximum absolute atomic E-state index is 12.7. The van der Waals surface area contributed by atoms with Crippen molar-refractivity contribution in [2.45, 2.75) is 0 Å². The Balaban J connectivity index is 1.60. The summed E-state index contributed by atoms with van der Waals surface area (Å²) < 4.78 is 21.9. The molecule has 0 aliphatic rings. The number of benzene rings is 5. The minimum atomic E-state index is -0.948. The Morgan fingerprint density at radius 3 is 1.25 bits per heavy atom. The van der Waals surface area contributed by atoms with Crippen LogP contribution in [0, 0.1) is 0 Å². The van der Waals surface area contributed by atoms with Crippen LogP contribution >= 0.6 is 23.2 Å². The molecular formula is C28H16Cl2O6. The summed E-state index contributed by atoms with van der Waals surface area (Å²) in [7, 11) is 0. The van der Waals surface area contributed by atoms with Crippen molar-refractivity contribution in [3.8, 4) is 23.0 Å². The minimum absolute atomic E-state index is 0.170. The number of carbonyl (C=O) groups excluding carboxylic acids is 2. The Morgan fingerprint density at radius 1 is 0.472 bits per heavy atom. The van der Waals surface area contributed by atoms with Crippen molar-refractivity contribution in [1.29, 1.82) is 0 Å². The maximum atomic E-state index is 12.7. The first-order valence-corrected chi connectivity index (χ1v) is 11.5. The quantitative estimate of drug-likeness (QED) is 0.135. The average molecular weight is 519 g/mol. The van der Waals surface area contributed by atoms with Gasteiger partial charge in [-0.25, -0.2) is 9.59 Å². The number of carbonyl (C=O) groups is 2. The monoisotopic (exact) mass is 518 g/mol. The molecule has 0 atom stereocenters. The van der Waals surface area contributed by atoms with E-state index >= 15 is 0 Å². The van der Waals surface area contributed by atoms with Crippen LogP contribution in [0.2, 0.25) is 10.0 Å². The van der Waals surface area contributed by atoms with Gasteiger partial charge >= 0.3 is 12.3 Å². The average Bonchev–Trinajstić information content (AvgIpc) is 2.87. The Kier molecular flexibility index (Phi) is 6.62. The molecule has 0 amide bonds. The van der Waals surface area contributed by atoms with E-state index in [4.69, 9.17) is 42.1 Å². The molecule has 0 saturated heterocycles. The molecule has 8 heteroatoms. The summed E-state index contributed by atoms with van der Waals surface area (Å²) in [6.45, 7) is 0. The number of ether oxygens (including phenoxy) is 4. The summed E-state index contributed by atoms with van der Waals surface area (Å²) in [6, 6.07) is 26.8. The van der Waals surface area contributed by atoms with Crippen molar-refractivity contribution in [3.63, 3.8) is 0 Å². The van der Waals surface area contributed by atoms with Crippen LogP contribution in [0.4, 0.5) is 9.59 Å². The summed E-state index contributed by atoms with van der Waals surface area (Å²) in [5.74, 6) is 0.981. The topological polar surface area (TPSA) is 71.1 Å². The van der Waals surface area contributed by atoms with Gasteiger partial charge in [-0.3, -0.25) is 0 Å². The summed E-state index contributed by atoms with van der Waals surface area (Å²) in [4.78, 5) is 25.4. The molecule has 5 aromatic rings. The van der Waals surface area contributed by atoms with E-state index < -0.39 is 12.3 Å². The fourth-order valence-corrected chi connectivity index (χ4v) is 4.04. The fourth-order valence-electron chi connectivity index (χ4n) is 3.69. The summed E-state index contributed by atoms with van der Waals surface area (Å²) in [5.41, 5.74) is 0. The van der Waals surface area contributed by atoms with Gasteiger partial charge in [0, 0.05) is 31.6 Å². The summed E-state index contributed by atoms with van der Waals surface area (Å²) in [5, 5.41) is 2.50. The summed E-state index contributed by atoms with van der Waals surface area (Å²) in [6.07, 6.45) is -1.90. The molecule has 5 aromatic carbocycles. The molecule has 0 unspecified atom stereocenters. The Hall–Kier alpha value is -4.26. The molecule has 0 radical (unpaired) electrons. The Morgan fingerprint density at radius 2 is 0.861 bits per heavy atom. The molecule has 0 N–H and O–H groups in total. The standard InChI is InChI=1S/C28H16Cl2O6/c29-17-12-14-22-23(15-17)25(35-27(31)33-19-7-3-1-4-8-19)21-13-11-18(30)16-24(21)26(22)36-28(32)34-20-9-5-2-6-10-20/h1-16H. The lowest BCUT2D eigenvalue weighted by atomic mass is 10.0. The largest absolute Gasteiger partial charge is 0.519 e. The highest BCUT2D eigenvalue weighted by atomic mass is 35.5. The second-order valence-corrected chi connectivity index (χ2v) is 8.45. The lowest BCUT2D eigenvalue weighted by molar-refractivity contribution is 0.151. The van der Waals surface area contributed by atoms with Gasteiger partial charge in [0.1, 0.15) is 11.5 Å². The van der Waals surface area contributed by atoms with E-state index in [0.29, 0.717) is 43.1 Å². The van der Waals surface area contributed by atoms with Crippen LogP contribution in [0.15, 0.2) is 97.1 Å². The second-order valence-electron chi connectivity index (χ2n) is 7.57. The highest BCUT2D eigenvalue weighted by Gasteiger charge is 2.22. The summed E-state index contributed by atoms with van der Waals surface area (Å²) >= 11 is 12.5. The van der Waals surface area contributed by atoms with Crippen LogP contribution in [0.3, 0.4) is 0 Å². The van der Waals surface area contributed by atoms with E-state index in [1.807, 2.05) is 0 Å². The zero-order valence-electron chi connectivity index (χ0n) is 18.4. The third-order valence-electron chi connectivity index (χ3n) is 5.20. The molecule has 0 saturated carbocycles.